The molecule has 0 radical (unpaired) electrons. The molecule has 0 aliphatic rings. The highest BCUT2D eigenvalue weighted by Gasteiger charge is 2.25. The van der Waals surface area contributed by atoms with Gasteiger partial charge in [-0.15, -0.1) is 0 Å². The molecule has 146 valence electrons. The van der Waals surface area contributed by atoms with Crippen molar-refractivity contribution >= 4 is 19.3 Å². The molecule has 3 aromatic rings. The Hall–Kier alpha value is -2.93. The maximum atomic E-state index is 12.7. The summed E-state index contributed by atoms with van der Waals surface area (Å²) in [6.45, 7) is 6.58. The first-order valence-corrected chi connectivity index (χ1v) is 12.6. The van der Waals surface area contributed by atoms with E-state index in [2.05, 4.69) is 52.8 Å². The Kier molecular flexibility index (Phi) is 5.94. The first-order valence-electron chi connectivity index (χ1n) is 9.39. The molecule has 2 amide bonds. The topological polar surface area (TPSA) is 63.1 Å². The second kappa shape index (κ2) is 8.39. The molecule has 0 bridgehead atoms. The quantitative estimate of drug-likeness (QED) is 0.655. The first-order chi connectivity index (χ1) is 13.4. The van der Waals surface area contributed by atoms with Gasteiger partial charge in [0.05, 0.1) is 11.7 Å². The molecule has 0 spiro atoms. The van der Waals surface area contributed by atoms with Gasteiger partial charge in [0.25, 0.3) is 0 Å². The summed E-state index contributed by atoms with van der Waals surface area (Å²) in [5, 5.41) is 8.61. The van der Waals surface area contributed by atoms with Gasteiger partial charge in [0.1, 0.15) is 20.7 Å². The number of amides is 2. The molecule has 0 saturated carbocycles. The van der Waals surface area contributed by atoms with E-state index >= 15 is 0 Å². The van der Waals surface area contributed by atoms with Crippen LogP contribution in [0.5, 0.6) is 0 Å². The van der Waals surface area contributed by atoms with Gasteiger partial charge >= 0.3 is 6.03 Å². The fourth-order valence-electron chi connectivity index (χ4n) is 3.06. The van der Waals surface area contributed by atoms with E-state index in [4.69, 9.17) is 0 Å². The fraction of sp³-hybridized carbons (Fsp3) is 0.286. The van der Waals surface area contributed by atoms with E-state index in [-0.39, 0.29) is 12.1 Å². The third-order valence-electron chi connectivity index (χ3n) is 5.20. The van der Waals surface area contributed by atoms with Crippen molar-refractivity contribution in [2.75, 3.05) is 13.2 Å². The Balaban J connectivity index is 1.61. The highest BCUT2D eigenvalue weighted by atomic mass is 28.3. The Bertz CT molecular complexity index is 894. The maximum absolute atomic E-state index is 12.7. The highest BCUT2D eigenvalue weighted by molar-refractivity contribution is 6.90. The Morgan fingerprint density at radius 1 is 1.14 bits per heavy atom. The second-order valence-corrected chi connectivity index (χ2v) is 12.3. The summed E-state index contributed by atoms with van der Waals surface area (Å²) >= 11 is 0. The molecular weight excluding hydrogens is 366 g/mol. The summed E-state index contributed by atoms with van der Waals surface area (Å²) in [6, 6.07) is 18.4. The maximum Gasteiger partial charge on any atom is 0.317 e. The lowest BCUT2D eigenvalue weighted by molar-refractivity contribution is 0.196. The predicted molar refractivity (Wildman–Crippen MR) is 114 cm³/mol. The zero-order chi connectivity index (χ0) is 20.1. The normalized spacial score (nSPS) is 12.4. The van der Waals surface area contributed by atoms with Gasteiger partial charge in [0, 0.05) is 13.2 Å². The summed E-state index contributed by atoms with van der Waals surface area (Å²) in [6.07, 6.45) is 3.88. The molecular formula is C21H27N5OSi. The lowest BCUT2D eigenvalue weighted by Crippen LogP contribution is -2.53. The number of hydrogen-bond acceptors (Lipinski definition) is 3. The molecule has 0 fully saturated rings. The van der Waals surface area contributed by atoms with Gasteiger partial charge in [-0.05, 0) is 24.6 Å². The van der Waals surface area contributed by atoms with E-state index in [1.165, 1.54) is 11.5 Å². The SMILES string of the molecule is C[C@@H](c1ccc(-n2cncn2)cc1)N(C)C(=O)NC[Si](C)(C)c1ccccc1. The van der Waals surface area contributed by atoms with Crippen molar-refractivity contribution in [1.29, 1.82) is 0 Å². The van der Waals surface area contributed by atoms with Gasteiger partial charge in [-0.2, -0.15) is 5.10 Å². The molecule has 1 atom stereocenters. The van der Waals surface area contributed by atoms with Crippen LogP contribution in [0, 0.1) is 0 Å². The van der Waals surface area contributed by atoms with Crippen molar-refractivity contribution in [3.63, 3.8) is 0 Å². The minimum atomic E-state index is -1.71. The van der Waals surface area contributed by atoms with Crippen LogP contribution in [-0.2, 0) is 0 Å². The number of urea groups is 1. The largest absolute Gasteiger partial charge is 0.341 e. The van der Waals surface area contributed by atoms with Gasteiger partial charge in [-0.1, -0.05) is 60.7 Å². The minimum absolute atomic E-state index is 0.0358. The highest BCUT2D eigenvalue weighted by Crippen LogP contribution is 2.20. The molecule has 0 unspecified atom stereocenters. The lowest BCUT2D eigenvalue weighted by Gasteiger charge is -2.29. The van der Waals surface area contributed by atoms with Crippen molar-refractivity contribution in [3.05, 3.63) is 72.8 Å². The number of nitrogens with zero attached hydrogens (tertiary/aromatic N) is 4. The Morgan fingerprint density at radius 2 is 1.82 bits per heavy atom. The van der Waals surface area contributed by atoms with E-state index < -0.39 is 8.07 Å². The van der Waals surface area contributed by atoms with Crippen LogP contribution < -0.4 is 10.5 Å². The molecule has 28 heavy (non-hydrogen) atoms. The van der Waals surface area contributed by atoms with Crippen LogP contribution in [-0.4, -0.2) is 47.0 Å². The summed E-state index contributed by atoms with van der Waals surface area (Å²) in [4.78, 5) is 18.4. The van der Waals surface area contributed by atoms with Crippen LogP contribution in [0.3, 0.4) is 0 Å². The van der Waals surface area contributed by atoms with Gasteiger partial charge in [0.15, 0.2) is 0 Å². The fourth-order valence-corrected chi connectivity index (χ4v) is 4.95. The molecule has 1 aromatic heterocycles. The van der Waals surface area contributed by atoms with E-state index in [9.17, 15) is 4.79 Å². The van der Waals surface area contributed by atoms with Crippen molar-refractivity contribution < 1.29 is 4.79 Å². The zero-order valence-electron chi connectivity index (χ0n) is 16.8. The van der Waals surface area contributed by atoms with Crippen LogP contribution in [0.1, 0.15) is 18.5 Å². The number of aromatic nitrogens is 3. The number of carbonyl (C=O) groups excluding carboxylic acids is 1. The smallest absolute Gasteiger partial charge is 0.317 e. The third-order valence-corrected chi connectivity index (χ3v) is 8.15. The predicted octanol–water partition coefficient (Wildman–Crippen LogP) is 3.12. The number of benzene rings is 2. The summed E-state index contributed by atoms with van der Waals surface area (Å²) in [5.74, 6) is 0. The molecule has 1 N–H and O–H groups in total. The van der Waals surface area contributed by atoms with Crippen molar-refractivity contribution in [1.82, 2.24) is 25.0 Å². The Morgan fingerprint density at radius 3 is 2.43 bits per heavy atom. The summed E-state index contributed by atoms with van der Waals surface area (Å²) in [7, 11) is 0.121. The standard InChI is InChI=1S/C21H27N5OSi/c1-17(18-10-12-19(13-11-18)26-15-22-14-24-26)25(2)21(27)23-16-28(3,4)20-8-6-5-7-9-20/h5-15,17H,16H2,1-4H3,(H,23,27)/t17-/m0/s1. The number of nitrogens with one attached hydrogen (secondary N) is 1. The molecule has 6 nitrogen and oxygen atoms in total. The van der Waals surface area contributed by atoms with E-state index in [1.54, 1.807) is 15.9 Å². The van der Waals surface area contributed by atoms with Crippen LogP contribution >= 0.6 is 0 Å². The van der Waals surface area contributed by atoms with E-state index in [1.807, 2.05) is 44.3 Å². The van der Waals surface area contributed by atoms with Gasteiger partial charge in [0.2, 0.25) is 0 Å². The molecule has 0 aliphatic carbocycles. The number of hydrogen-bond donors (Lipinski definition) is 1. The third kappa shape index (κ3) is 4.48. The molecule has 1 heterocycles. The summed E-state index contributed by atoms with van der Waals surface area (Å²) in [5.41, 5.74) is 2.01. The van der Waals surface area contributed by atoms with E-state index in [0.29, 0.717) is 6.17 Å². The van der Waals surface area contributed by atoms with Crippen molar-refractivity contribution in [2.24, 2.45) is 0 Å². The van der Waals surface area contributed by atoms with Crippen molar-refractivity contribution in [3.8, 4) is 5.69 Å². The van der Waals surface area contributed by atoms with Gasteiger partial charge in [-0.25, -0.2) is 14.5 Å². The monoisotopic (exact) mass is 393 g/mol. The first kappa shape index (κ1) is 19.8. The Labute approximate surface area is 167 Å². The molecule has 7 heteroatoms. The summed E-state index contributed by atoms with van der Waals surface area (Å²) < 4.78 is 1.71. The van der Waals surface area contributed by atoms with Crippen LogP contribution in [0.2, 0.25) is 13.1 Å². The molecule has 0 saturated heterocycles. The van der Waals surface area contributed by atoms with Crippen LogP contribution in [0.15, 0.2) is 67.3 Å². The minimum Gasteiger partial charge on any atom is -0.341 e. The zero-order valence-corrected chi connectivity index (χ0v) is 17.8. The van der Waals surface area contributed by atoms with Gasteiger partial charge in [-0.3, -0.25) is 0 Å². The second-order valence-electron chi connectivity index (χ2n) is 7.63. The van der Waals surface area contributed by atoms with Crippen LogP contribution in [0.25, 0.3) is 5.69 Å². The van der Waals surface area contributed by atoms with E-state index in [0.717, 1.165) is 11.3 Å². The number of rotatable bonds is 6. The molecule has 2 aromatic carbocycles. The average Bonchev–Trinajstić information content (AvgIpc) is 3.26. The molecule has 0 aliphatic heterocycles. The molecule has 3 rings (SSSR count). The van der Waals surface area contributed by atoms with Crippen molar-refractivity contribution in [2.45, 2.75) is 26.1 Å². The van der Waals surface area contributed by atoms with Crippen LogP contribution in [0.4, 0.5) is 4.79 Å². The average molecular weight is 394 g/mol. The van der Waals surface area contributed by atoms with Gasteiger partial charge < -0.3 is 10.2 Å². The lowest BCUT2D eigenvalue weighted by atomic mass is 10.1. The number of carbonyl (C=O) groups is 1.